The third-order valence-corrected chi connectivity index (χ3v) is 3.65. The van der Waals surface area contributed by atoms with Crippen molar-refractivity contribution in [1.29, 1.82) is 0 Å². The molecule has 1 aliphatic rings. The molecule has 2 atom stereocenters. The first-order chi connectivity index (χ1) is 7.88. The Bertz CT molecular complexity index is 270. The second-order valence-electron chi connectivity index (χ2n) is 4.49. The largest absolute Gasteiger partial charge is 0.392 e. The zero-order valence-corrected chi connectivity index (χ0v) is 11.4. The zero-order chi connectivity index (χ0) is 13.1. The molecule has 0 aliphatic heterocycles. The predicted octanol–water partition coefficient (Wildman–Crippen LogP) is 3.21. The van der Waals surface area contributed by atoms with Crippen molar-refractivity contribution < 1.29 is 18.0 Å². The van der Waals surface area contributed by atoms with Crippen LogP contribution in [0.1, 0.15) is 25.7 Å². The molecule has 6 heteroatoms. The Morgan fingerprint density at radius 2 is 1.94 bits per heavy atom. The van der Waals surface area contributed by atoms with Crippen LogP contribution < -0.4 is 0 Å². The molecule has 0 N–H and O–H groups in total. The molecule has 1 fully saturated rings. The number of nitrogens with zero attached hydrogens (tertiary/aromatic N) is 1. The van der Waals surface area contributed by atoms with Crippen molar-refractivity contribution in [3.05, 3.63) is 0 Å². The van der Waals surface area contributed by atoms with Gasteiger partial charge in [0.25, 0.3) is 0 Å². The van der Waals surface area contributed by atoms with Gasteiger partial charge in [0, 0.05) is 24.8 Å². The van der Waals surface area contributed by atoms with Crippen molar-refractivity contribution in [3.8, 4) is 0 Å². The highest BCUT2D eigenvalue weighted by atomic mass is 79.9. The summed E-state index contributed by atoms with van der Waals surface area (Å²) in [5, 5.41) is 0.582. The van der Waals surface area contributed by atoms with Crippen LogP contribution in [0.25, 0.3) is 0 Å². The number of hydrogen-bond donors (Lipinski definition) is 0. The molecule has 100 valence electrons. The molecule has 0 aromatic carbocycles. The number of carbonyl (C=O) groups excluding carboxylic acids is 1. The van der Waals surface area contributed by atoms with E-state index in [1.807, 2.05) is 0 Å². The number of carbonyl (C=O) groups is 1. The smallest absolute Gasteiger partial charge is 0.345 e. The summed E-state index contributed by atoms with van der Waals surface area (Å²) in [7, 11) is 1.56. The summed E-state index contributed by atoms with van der Waals surface area (Å²) in [4.78, 5) is 13.3. The van der Waals surface area contributed by atoms with E-state index in [0.717, 1.165) is 0 Å². The highest BCUT2D eigenvalue weighted by Gasteiger charge is 2.48. The van der Waals surface area contributed by atoms with Gasteiger partial charge in [0.1, 0.15) is 0 Å². The van der Waals surface area contributed by atoms with E-state index >= 15 is 0 Å². The van der Waals surface area contributed by atoms with Gasteiger partial charge < -0.3 is 4.90 Å². The van der Waals surface area contributed by atoms with Crippen LogP contribution in [0.5, 0.6) is 0 Å². The highest BCUT2D eigenvalue weighted by Crippen LogP contribution is 2.42. The van der Waals surface area contributed by atoms with Gasteiger partial charge in [-0.15, -0.1) is 0 Å². The van der Waals surface area contributed by atoms with Gasteiger partial charge in [-0.05, 0) is 12.8 Å². The van der Waals surface area contributed by atoms with Gasteiger partial charge in [-0.2, -0.15) is 13.2 Å². The molecule has 1 saturated carbocycles. The van der Waals surface area contributed by atoms with Crippen molar-refractivity contribution in [3.63, 3.8) is 0 Å². The number of alkyl halides is 4. The summed E-state index contributed by atoms with van der Waals surface area (Å²) in [5.74, 6) is -2.71. The number of rotatable bonds is 3. The monoisotopic (exact) mass is 315 g/mol. The average molecular weight is 316 g/mol. The van der Waals surface area contributed by atoms with Gasteiger partial charge in [0.05, 0.1) is 5.92 Å². The van der Waals surface area contributed by atoms with Gasteiger partial charge in [-0.25, -0.2) is 0 Å². The lowest BCUT2D eigenvalue weighted by Gasteiger charge is -2.34. The summed E-state index contributed by atoms with van der Waals surface area (Å²) >= 11 is 3.18. The number of halogens is 4. The third kappa shape index (κ3) is 3.86. The van der Waals surface area contributed by atoms with Crippen molar-refractivity contribution in [2.45, 2.75) is 31.9 Å². The molecule has 0 heterocycles. The first kappa shape index (κ1) is 14.8. The quantitative estimate of drug-likeness (QED) is 0.732. The van der Waals surface area contributed by atoms with Crippen molar-refractivity contribution >= 4 is 21.8 Å². The molecule has 0 spiro atoms. The maximum absolute atomic E-state index is 12.8. The first-order valence-electron chi connectivity index (χ1n) is 5.75. The molecule has 0 aromatic heterocycles. The second-order valence-corrected chi connectivity index (χ2v) is 5.28. The van der Waals surface area contributed by atoms with E-state index in [0.29, 0.717) is 31.1 Å². The molecular weight excluding hydrogens is 299 g/mol. The molecule has 0 aromatic rings. The Kier molecular flexibility index (Phi) is 5.28. The van der Waals surface area contributed by atoms with E-state index in [-0.39, 0.29) is 12.3 Å². The highest BCUT2D eigenvalue weighted by molar-refractivity contribution is 9.09. The fourth-order valence-electron chi connectivity index (χ4n) is 2.34. The maximum atomic E-state index is 12.8. The van der Waals surface area contributed by atoms with Gasteiger partial charge in [-0.1, -0.05) is 28.8 Å². The van der Waals surface area contributed by atoms with Crippen LogP contribution in [0.3, 0.4) is 0 Å². The molecule has 2 unspecified atom stereocenters. The molecule has 1 aliphatic carbocycles. The predicted molar refractivity (Wildman–Crippen MR) is 62.9 cm³/mol. The van der Waals surface area contributed by atoms with Gasteiger partial charge in [0.15, 0.2) is 0 Å². The second kappa shape index (κ2) is 6.07. The van der Waals surface area contributed by atoms with Gasteiger partial charge >= 0.3 is 6.18 Å². The summed E-state index contributed by atoms with van der Waals surface area (Å²) < 4.78 is 38.5. The minimum atomic E-state index is -4.25. The third-order valence-electron chi connectivity index (χ3n) is 3.30. The standard InChI is InChI=1S/C11H17BrF3NO/c1-16(7-6-12)10(17)8-4-2-3-5-9(8)11(13,14)15/h8-9H,2-7H2,1H3. The van der Waals surface area contributed by atoms with Crippen LogP contribution >= 0.6 is 15.9 Å². The Labute approximate surface area is 108 Å². The maximum Gasteiger partial charge on any atom is 0.392 e. The molecule has 0 radical (unpaired) electrons. The van der Waals surface area contributed by atoms with Crippen LogP contribution in [0, 0.1) is 11.8 Å². The fraction of sp³-hybridized carbons (Fsp3) is 0.909. The van der Waals surface area contributed by atoms with E-state index in [1.54, 1.807) is 7.05 Å². The topological polar surface area (TPSA) is 20.3 Å². The Hall–Kier alpha value is -0.260. The van der Waals surface area contributed by atoms with Crippen LogP contribution in [-0.4, -0.2) is 35.9 Å². The van der Waals surface area contributed by atoms with E-state index in [9.17, 15) is 18.0 Å². The van der Waals surface area contributed by atoms with E-state index < -0.39 is 18.0 Å². The van der Waals surface area contributed by atoms with Crippen LogP contribution in [-0.2, 0) is 4.79 Å². The summed E-state index contributed by atoms with van der Waals surface area (Å²) in [5.41, 5.74) is 0. The molecule has 17 heavy (non-hydrogen) atoms. The summed E-state index contributed by atoms with van der Waals surface area (Å²) in [6.45, 7) is 0.444. The zero-order valence-electron chi connectivity index (χ0n) is 9.76. The molecular formula is C11H17BrF3NO. The molecule has 1 rings (SSSR count). The number of hydrogen-bond acceptors (Lipinski definition) is 1. The van der Waals surface area contributed by atoms with Gasteiger partial charge in [0.2, 0.25) is 5.91 Å². The van der Waals surface area contributed by atoms with Crippen molar-refractivity contribution in [1.82, 2.24) is 4.90 Å². The van der Waals surface area contributed by atoms with E-state index in [4.69, 9.17) is 0 Å². The number of amides is 1. The summed E-state index contributed by atoms with van der Waals surface area (Å²) in [6, 6.07) is 0. The van der Waals surface area contributed by atoms with Crippen molar-refractivity contribution in [2.24, 2.45) is 11.8 Å². The first-order valence-corrected chi connectivity index (χ1v) is 6.87. The Balaban J connectivity index is 2.74. The van der Waals surface area contributed by atoms with E-state index in [2.05, 4.69) is 15.9 Å². The lowest BCUT2D eigenvalue weighted by Crippen LogP contribution is -2.43. The SMILES string of the molecule is CN(CCBr)C(=O)C1CCCCC1C(F)(F)F. The molecule has 2 nitrogen and oxygen atoms in total. The van der Waals surface area contributed by atoms with Crippen LogP contribution in [0.15, 0.2) is 0 Å². The normalized spacial score (nSPS) is 25.7. The molecule has 0 saturated heterocycles. The minimum absolute atomic E-state index is 0.0854. The van der Waals surface area contributed by atoms with Crippen LogP contribution in [0.4, 0.5) is 13.2 Å². The van der Waals surface area contributed by atoms with E-state index in [1.165, 1.54) is 4.90 Å². The minimum Gasteiger partial charge on any atom is -0.345 e. The van der Waals surface area contributed by atoms with Crippen molar-refractivity contribution in [2.75, 3.05) is 18.9 Å². The lowest BCUT2D eigenvalue weighted by atomic mass is 9.78. The molecule has 1 amide bonds. The Morgan fingerprint density at radius 3 is 2.47 bits per heavy atom. The lowest BCUT2D eigenvalue weighted by molar-refractivity contribution is -0.200. The summed E-state index contributed by atoms with van der Waals surface area (Å²) in [6.07, 6.45) is -2.53. The molecule has 0 bridgehead atoms. The fourth-order valence-corrected chi connectivity index (χ4v) is 2.87. The Morgan fingerprint density at radius 1 is 1.35 bits per heavy atom. The average Bonchev–Trinajstić information content (AvgIpc) is 2.27. The van der Waals surface area contributed by atoms with Gasteiger partial charge in [-0.3, -0.25) is 4.79 Å². The van der Waals surface area contributed by atoms with Crippen LogP contribution in [0.2, 0.25) is 0 Å².